The zero-order valence-corrected chi connectivity index (χ0v) is 34.3. The molecule has 0 aliphatic carbocycles. The monoisotopic (exact) mass is 785 g/mol. The molecule has 1 N–H and O–H groups in total. The maximum atomic E-state index is 12.4. The number of benzene rings is 6. The van der Waals surface area contributed by atoms with Crippen LogP contribution in [-0.4, -0.2) is 49.2 Å². The number of nitrogens with zero attached hydrogens (tertiary/aromatic N) is 2. The molecule has 0 spiro atoms. The predicted octanol–water partition coefficient (Wildman–Crippen LogP) is 10.6. The first-order valence-corrected chi connectivity index (χ1v) is 21.4. The van der Waals surface area contributed by atoms with Crippen molar-refractivity contribution < 1.29 is 22.3 Å². The van der Waals surface area contributed by atoms with Gasteiger partial charge in [0.25, 0.3) is 10.1 Å². The van der Waals surface area contributed by atoms with Crippen LogP contribution >= 0.6 is 0 Å². The molecular weight excluding hydrogens is 737 g/mol. The molecule has 58 heavy (non-hydrogen) atoms. The smallest absolute Gasteiger partial charge is 0.271 e. The molecule has 6 aromatic carbocycles. The summed E-state index contributed by atoms with van der Waals surface area (Å²) in [5.74, 6) is 0.395. The third-order valence-corrected chi connectivity index (χ3v) is 12.8. The van der Waals surface area contributed by atoms with Crippen molar-refractivity contribution in [3.8, 4) is 5.75 Å². The van der Waals surface area contributed by atoms with Crippen LogP contribution in [0.1, 0.15) is 43.0 Å². The van der Waals surface area contributed by atoms with E-state index >= 15 is 0 Å². The van der Waals surface area contributed by atoms with E-state index in [0.29, 0.717) is 13.0 Å². The third-order valence-electron chi connectivity index (χ3n) is 12.1. The maximum Gasteiger partial charge on any atom is 0.271 e. The maximum absolute atomic E-state index is 12.4. The van der Waals surface area contributed by atoms with Gasteiger partial charge in [-0.2, -0.15) is 13.0 Å². The van der Waals surface area contributed by atoms with Crippen molar-refractivity contribution in [2.24, 2.45) is 0 Å². The van der Waals surface area contributed by atoms with E-state index in [1.54, 1.807) is 7.11 Å². The van der Waals surface area contributed by atoms with Gasteiger partial charge in [0.15, 0.2) is 12.3 Å². The van der Waals surface area contributed by atoms with Crippen molar-refractivity contribution in [3.63, 3.8) is 0 Å². The van der Waals surface area contributed by atoms with Crippen molar-refractivity contribution in [3.05, 3.63) is 192 Å². The summed E-state index contributed by atoms with van der Waals surface area (Å²) in [6.07, 6.45) is 10.1. The Balaban J connectivity index is 1.29. The van der Waals surface area contributed by atoms with E-state index in [1.165, 1.54) is 16.7 Å². The molecule has 2 radical (unpaired) electrons. The fourth-order valence-electron chi connectivity index (χ4n) is 9.43. The Morgan fingerprint density at radius 3 is 1.97 bits per heavy atom. The molecule has 6 nitrogen and oxygen atoms in total. The summed E-state index contributed by atoms with van der Waals surface area (Å²) < 4.78 is 42.8. The molecule has 0 amide bonds. The van der Waals surface area contributed by atoms with Crippen LogP contribution in [0.2, 0.25) is 0 Å². The normalized spacial score (nSPS) is 20.1. The Morgan fingerprint density at radius 2 is 1.36 bits per heavy atom. The minimum Gasteiger partial charge on any atom is -0.497 e. The number of hydrogen-bond donors (Lipinski definition) is 1. The zero-order valence-electron chi connectivity index (χ0n) is 33.5. The number of anilines is 1. The summed E-state index contributed by atoms with van der Waals surface area (Å²) in [7, 11) is -2.57. The summed E-state index contributed by atoms with van der Waals surface area (Å²) in [6.45, 7) is 13.6. The Morgan fingerprint density at radius 1 is 0.793 bits per heavy atom. The van der Waals surface area contributed by atoms with Crippen molar-refractivity contribution in [1.82, 2.24) is 0 Å². The SMILES string of the molecule is [CH]CN1\C(=C/C=C(C)/C=C/C2=[N+](CCS(=O)(=O)O)c3c(c4ccccc4c4ccccc34)C2(C)Cc2ccccc2)C(C)(Cc2ccccc2)c2cc(OC)ccc21. The van der Waals surface area contributed by atoms with Gasteiger partial charge in [-0.3, -0.25) is 4.55 Å². The molecule has 8 rings (SSSR count). The van der Waals surface area contributed by atoms with Crippen LogP contribution in [0.4, 0.5) is 11.4 Å². The van der Waals surface area contributed by atoms with Gasteiger partial charge < -0.3 is 9.64 Å². The highest BCUT2D eigenvalue weighted by Crippen LogP contribution is 2.52. The lowest BCUT2D eigenvalue weighted by molar-refractivity contribution is -0.430. The first-order valence-electron chi connectivity index (χ1n) is 19.8. The minimum absolute atomic E-state index is 0.0933. The van der Waals surface area contributed by atoms with E-state index in [-0.39, 0.29) is 6.54 Å². The van der Waals surface area contributed by atoms with Crippen LogP contribution in [0.3, 0.4) is 0 Å². The first kappa shape index (κ1) is 39.1. The highest BCUT2D eigenvalue weighted by atomic mass is 32.2. The number of allylic oxidation sites excluding steroid dienone is 6. The van der Waals surface area contributed by atoms with Gasteiger partial charge in [-0.25, -0.2) is 0 Å². The molecule has 0 saturated carbocycles. The predicted molar refractivity (Wildman–Crippen MR) is 238 cm³/mol. The average molecular weight is 786 g/mol. The highest BCUT2D eigenvalue weighted by Gasteiger charge is 2.50. The quantitative estimate of drug-likeness (QED) is 0.0579. The van der Waals surface area contributed by atoms with E-state index < -0.39 is 26.7 Å². The van der Waals surface area contributed by atoms with Gasteiger partial charge in [0.05, 0.1) is 17.9 Å². The lowest BCUT2D eigenvalue weighted by atomic mass is 9.72. The van der Waals surface area contributed by atoms with E-state index in [9.17, 15) is 13.0 Å². The van der Waals surface area contributed by atoms with Crippen LogP contribution in [0.5, 0.6) is 5.75 Å². The van der Waals surface area contributed by atoms with E-state index in [4.69, 9.17) is 11.7 Å². The van der Waals surface area contributed by atoms with Gasteiger partial charge in [-0.15, -0.1) is 0 Å². The average Bonchev–Trinajstić information content (AvgIpc) is 3.61. The summed E-state index contributed by atoms with van der Waals surface area (Å²) in [6, 6.07) is 44.0. The molecule has 0 fully saturated rings. The molecule has 0 aromatic heterocycles. The third kappa shape index (κ3) is 7.07. The second kappa shape index (κ2) is 15.5. The Kier molecular flexibility index (Phi) is 10.5. The van der Waals surface area contributed by atoms with Crippen LogP contribution in [0.25, 0.3) is 21.5 Å². The van der Waals surface area contributed by atoms with Gasteiger partial charge in [-0.1, -0.05) is 121 Å². The molecular formula is C51H49N2O4S+. The van der Waals surface area contributed by atoms with Gasteiger partial charge >= 0.3 is 0 Å². The second-order valence-electron chi connectivity index (χ2n) is 15.9. The van der Waals surface area contributed by atoms with Gasteiger partial charge in [0.2, 0.25) is 5.69 Å². The minimum atomic E-state index is -4.27. The molecule has 0 saturated heterocycles. The molecule has 7 heteroatoms. The van der Waals surface area contributed by atoms with Crippen LogP contribution in [0.15, 0.2) is 163 Å². The van der Waals surface area contributed by atoms with E-state index in [1.807, 2.05) is 30.3 Å². The largest absolute Gasteiger partial charge is 0.497 e. The molecule has 2 atom stereocenters. The van der Waals surface area contributed by atoms with E-state index in [2.05, 4.69) is 152 Å². The van der Waals surface area contributed by atoms with E-state index in [0.717, 1.165) is 67.6 Å². The standard InChI is InChI=1S/C51H48N2O4S/c1-6-52-45-28-27-39(57-5)33-44(45)50(3,34-37-17-9-7-10-18-37)46(52)29-25-36(2)26-30-47-51(4,35-38-19-11-8-12-20-38)48-42-23-15-13-21-40(42)41-22-14-16-24-43(41)49(48)53(47)31-32-58(54,55)56/h1,7-30,33H,6,31-32,34-35H2,2-5H3/p+1. The Bertz CT molecular complexity index is 2770. The fraction of sp³-hybridized carbons (Fsp3) is 0.216. The van der Waals surface area contributed by atoms with Gasteiger partial charge in [-0.05, 0) is 104 Å². The highest BCUT2D eigenvalue weighted by molar-refractivity contribution is 7.85. The Labute approximate surface area is 342 Å². The van der Waals surface area contributed by atoms with Crippen molar-refractivity contribution in [2.45, 2.75) is 44.4 Å². The van der Waals surface area contributed by atoms with Crippen molar-refractivity contribution >= 4 is 48.7 Å². The van der Waals surface area contributed by atoms with Crippen LogP contribution in [-0.2, 0) is 33.8 Å². The number of rotatable bonds is 12. The summed E-state index contributed by atoms with van der Waals surface area (Å²) in [5.41, 5.74) is 8.88. The van der Waals surface area contributed by atoms with Crippen molar-refractivity contribution in [2.75, 3.05) is 30.9 Å². The van der Waals surface area contributed by atoms with Crippen LogP contribution < -0.4 is 9.64 Å². The summed E-state index contributed by atoms with van der Waals surface area (Å²) in [4.78, 5) is 2.19. The lowest BCUT2D eigenvalue weighted by Crippen LogP contribution is -2.34. The number of ether oxygens (including phenoxy) is 1. The van der Waals surface area contributed by atoms with Crippen molar-refractivity contribution in [1.29, 1.82) is 0 Å². The van der Waals surface area contributed by atoms with Crippen LogP contribution in [0, 0.1) is 6.92 Å². The molecule has 0 bridgehead atoms. The topological polar surface area (TPSA) is 69.9 Å². The molecule has 2 heterocycles. The number of methoxy groups -OCH3 is 1. The summed E-state index contributed by atoms with van der Waals surface area (Å²) in [5, 5.41) is 4.42. The number of fused-ring (bicyclic) bond motifs is 7. The lowest BCUT2D eigenvalue weighted by Gasteiger charge is -2.30. The number of hydrogen-bond acceptors (Lipinski definition) is 4. The molecule has 2 aliphatic heterocycles. The Hall–Kier alpha value is -5.76. The molecule has 2 aliphatic rings. The zero-order chi connectivity index (χ0) is 40.7. The molecule has 2 unspecified atom stereocenters. The second-order valence-corrected chi connectivity index (χ2v) is 17.5. The fourth-order valence-corrected chi connectivity index (χ4v) is 9.84. The summed E-state index contributed by atoms with van der Waals surface area (Å²) >= 11 is 0. The van der Waals surface area contributed by atoms with Gasteiger partial charge in [0.1, 0.15) is 11.5 Å². The van der Waals surface area contributed by atoms with Gasteiger partial charge in [0, 0.05) is 35.0 Å². The molecule has 292 valence electrons. The molecule has 6 aromatic rings. The first-order chi connectivity index (χ1) is 27.9.